The van der Waals surface area contributed by atoms with Crippen molar-refractivity contribution in [1.29, 1.82) is 0 Å². The number of aromatic hydroxyl groups is 1. The molecule has 0 saturated carbocycles. The molecule has 4 rings (SSSR count). The molecular formula is C17H16O10. The first kappa shape index (κ1) is 17.8. The lowest BCUT2D eigenvalue weighted by Crippen LogP contribution is -2.60. The number of hydrogen-bond acceptors (Lipinski definition) is 10. The molecule has 0 unspecified atom stereocenters. The molecule has 1 saturated heterocycles. The summed E-state index contributed by atoms with van der Waals surface area (Å²) in [5.74, 6) is -0.344. The van der Waals surface area contributed by atoms with Gasteiger partial charge in [-0.3, -0.25) is 0 Å². The van der Waals surface area contributed by atoms with Crippen molar-refractivity contribution in [3.05, 3.63) is 34.9 Å². The summed E-state index contributed by atoms with van der Waals surface area (Å²) in [4.78, 5) is 11.5. The Labute approximate surface area is 150 Å². The second-order valence-corrected chi connectivity index (χ2v) is 6.15. The minimum absolute atomic E-state index is 0.0172. The topological polar surface area (TPSA) is 163 Å². The Balaban J connectivity index is 1.84. The molecule has 1 fully saturated rings. The largest absolute Gasteiger partial charge is 0.502 e. The zero-order valence-corrected chi connectivity index (χ0v) is 13.7. The van der Waals surface area contributed by atoms with E-state index in [0.717, 1.165) is 6.07 Å². The van der Waals surface area contributed by atoms with Crippen molar-refractivity contribution >= 4 is 21.9 Å². The lowest BCUT2D eigenvalue weighted by molar-refractivity contribution is -0.277. The number of aliphatic hydroxyl groups excluding tert-OH is 4. The first-order valence-electron chi connectivity index (χ1n) is 8.05. The van der Waals surface area contributed by atoms with E-state index < -0.39 is 48.7 Å². The van der Waals surface area contributed by atoms with Crippen LogP contribution in [-0.2, 0) is 4.74 Å². The van der Waals surface area contributed by atoms with Gasteiger partial charge >= 0.3 is 5.63 Å². The first-order chi connectivity index (χ1) is 12.9. The van der Waals surface area contributed by atoms with Gasteiger partial charge in [0.1, 0.15) is 30.2 Å². The Morgan fingerprint density at radius 3 is 2.48 bits per heavy atom. The molecule has 0 amide bonds. The van der Waals surface area contributed by atoms with Crippen molar-refractivity contribution in [3.63, 3.8) is 0 Å². The summed E-state index contributed by atoms with van der Waals surface area (Å²) in [7, 11) is 0. The molecule has 1 aliphatic heterocycles. The van der Waals surface area contributed by atoms with Crippen LogP contribution < -0.4 is 10.4 Å². The monoisotopic (exact) mass is 380 g/mol. The maximum Gasteiger partial charge on any atom is 0.336 e. The lowest BCUT2D eigenvalue weighted by Gasteiger charge is -2.39. The molecule has 0 aliphatic carbocycles. The minimum atomic E-state index is -1.63. The van der Waals surface area contributed by atoms with Crippen LogP contribution >= 0.6 is 0 Å². The fraction of sp³-hybridized carbons (Fsp3) is 0.353. The van der Waals surface area contributed by atoms with E-state index in [-0.39, 0.29) is 22.3 Å². The van der Waals surface area contributed by atoms with Gasteiger partial charge in [-0.1, -0.05) is 0 Å². The van der Waals surface area contributed by atoms with Gasteiger partial charge in [0, 0.05) is 6.07 Å². The number of aliphatic hydroxyl groups is 4. The minimum Gasteiger partial charge on any atom is -0.502 e. The number of benzene rings is 1. The van der Waals surface area contributed by atoms with Gasteiger partial charge < -0.3 is 43.8 Å². The predicted octanol–water partition coefficient (Wildman–Crippen LogP) is -0.577. The predicted molar refractivity (Wildman–Crippen MR) is 88.3 cm³/mol. The van der Waals surface area contributed by atoms with Crippen LogP contribution in [0.15, 0.2) is 38.1 Å². The molecule has 5 atom stereocenters. The summed E-state index contributed by atoms with van der Waals surface area (Å²) >= 11 is 0. The summed E-state index contributed by atoms with van der Waals surface area (Å²) in [6.45, 7) is -0.614. The van der Waals surface area contributed by atoms with Crippen molar-refractivity contribution in [1.82, 2.24) is 0 Å². The van der Waals surface area contributed by atoms with Crippen molar-refractivity contribution in [2.24, 2.45) is 0 Å². The van der Waals surface area contributed by atoms with Gasteiger partial charge in [0.15, 0.2) is 11.2 Å². The normalized spacial score (nSPS) is 28.7. The van der Waals surface area contributed by atoms with Crippen LogP contribution in [0.5, 0.6) is 11.5 Å². The SMILES string of the molecule is O=c1ccc2c(O[C@@H]3O[C@H](CO)[C@@H](O)[C@H](O)[C@H]3O)c3ccoc3c(O)c2o1. The number of phenols is 1. The van der Waals surface area contributed by atoms with Crippen molar-refractivity contribution in [2.45, 2.75) is 30.7 Å². The van der Waals surface area contributed by atoms with Crippen LogP contribution in [0.3, 0.4) is 0 Å². The van der Waals surface area contributed by atoms with E-state index in [9.17, 15) is 30.3 Å². The highest BCUT2D eigenvalue weighted by atomic mass is 16.7. The Kier molecular flexibility index (Phi) is 4.29. The Morgan fingerprint density at radius 1 is 1.00 bits per heavy atom. The third-order valence-electron chi connectivity index (χ3n) is 4.50. The number of furan rings is 1. The zero-order chi connectivity index (χ0) is 19.3. The van der Waals surface area contributed by atoms with Crippen LogP contribution in [-0.4, -0.2) is 62.8 Å². The quantitative estimate of drug-likeness (QED) is 0.372. The second-order valence-electron chi connectivity index (χ2n) is 6.15. The van der Waals surface area contributed by atoms with E-state index in [4.69, 9.17) is 18.3 Å². The van der Waals surface area contributed by atoms with Gasteiger partial charge in [0.05, 0.1) is 23.6 Å². The van der Waals surface area contributed by atoms with Gasteiger partial charge in [-0.2, -0.15) is 0 Å². The highest BCUT2D eigenvalue weighted by Gasteiger charge is 2.45. The molecule has 27 heavy (non-hydrogen) atoms. The molecule has 3 heterocycles. The summed E-state index contributed by atoms with van der Waals surface area (Å²) in [5, 5.41) is 50.1. The standard InChI is InChI=1S/C17H16O10/c18-5-8-10(20)11(21)12(22)17(25-8)27-14-6-1-2-9(19)26-16(6)13(23)15-7(14)3-4-24-15/h1-4,8,10-12,17-18,20-23H,5H2/t8-,10-,11+,12-,17+/m1/s1. The van der Waals surface area contributed by atoms with Gasteiger partial charge in [0.2, 0.25) is 12.0 Å². The molecule has 3 aromatic rings. The molecule has 0 spiro atoms. The Hall–Kier alpha value is -2.63. The summed E-state index contributed by atoms with van der Waals surface area (Å²) in [6.07, 6.45) is -6.13. The number of fused-ring (bicyclic) bond motifs is 2. The fourth-order valence-corrected chi connectivity index (χ4v) is 3.10. The summed E-state index contributed by atoms with van der Waals surface area (Å²) in [5.41, 5.74) is -0.913. The summed E-state index contributed by atoms with van der Waals surface area (Å²) < 4.78 is 21.3. The van der Waals surface area contributed by atoms with Gasteiger partial charge in [0.25, 0.3) is 0 Å². The van der Waals surface area contributed by atoms with E-state index >= 15 is 0 Å². The van der Waals surface area contributed by atoms with Crippen LogP contribution in [0.4, 0.5) is 0 Å². The maximum absolute atomic E-state index is 11.5. The van der Waals surface area contributed by atoms with Gasteiger partial charge in [-0.25, -0.2) is 4.79 Å². The van der Waals surface area contributed by atoms with E-state index in [1.807, 2.05) is 0 Å². The smallest absolute Gasteiger partial charge is 0.336 e. The fourth-order valence-electron chi connectivity index (χ4n) is 3.10. The van der Waals surface area contributed by atoms with Crippen LogP contribution in [0, 0.1) is 0 Å². The molecule has 10 nitrogen and oxygen atoms in total. The average Bonchev–Trinajstić information content (AvgIpc) is 3.15. The molecular weight excluding hydrogens is 364 g/mol. The van der Waals surface area contributed by atoms with Crippen LogP contribution in [0.1, 0.15) is 0 Å². The van der Waals surface area contributed by atoms with Crippen molar-refractivity contribution in [2.75, 3.05) is 6.61 Å². The number of rotatable bonds is 3. The lowest BCUT2D eigenvalue weighted by atomic mass is 9.99. The van der Waals surface area contributed by atoms with Gasteiger partial charge in [-0.15, -0.1) is 0 Å². The molecule has 10 heteroatoms. The first-order valence-corrected chi connectivity index (χ1v) is 8.05. The average molecular weight is 380 g/mol. The number of ether oxygens (including phenoxy) is 2. The van der Waals surface area contributed by atoms with E-state index in [1.165, 1.54) is 18.4 Å². The van der Waals surface area contributed by atoms with Crippen molar-refractivity contribution in [3.8, 4) is 11.5 Å². The third kappa shape index (κ3) is 2.74. The third-order valence-corrected chi connectivity index (χ3v) is 4.50. The van der Waals surface area contributed by atoms with Crippen molar-refractivity contribution < 1.29 is 43.8 Å². The molecule has 1 aromatic carbocycles. The maximum atomic E-state index is 11.5. The summed E-state index contributed by atoms with van der Waals surface area (Å²) in [6, 6.07) is 3.96. The second kappa shape index (κ2) is 6.51. The Morgan fingerprint density at radius 2 is 1.74 bits per heavy atom. The molecule has 0 bridgehead atoms. The molecule has 144 valence electrons. The molecule has 0 radical (unpaired) electrons. The molecule has 5 N–H and O–H groups in total. The van der Waals surface area contributed by atoms with E-state index in [0.29, 0.717) is 5.39 Å². The number of phenolic OH excluding ortho intramolecular Hbond substituents is 1. The van der Waals surface area contributed by atoms with E-state index in [1.54, 1.807) is 0 Å². The number of hydrogen-bond donors (Lipinski definition) is 5. The van der Waals surface area contributed by atoms with E-state index in [2.05, 4.69) is 0 Å². The highest BCUT2D eigenvalue weighted by Crippen LogP contribution is 2.43. The molecule has 2 aromatic heterocycles. The Bertz CT molecular complexity index is 1040. The van der Waals surface area contributed by atoms with Gasteiger partial charge in [-0.05, 0) is 12.1 Å². The highest BCUT2D eigenvalue weighted by molar-refractivity contribution is 6.06. The van der Waals surface area contributed by atoms with Crippen LogP contribution in [0.2, 0.25) is 0 Å². The molecule has 1 aliphatic rings. The van der Waals surface area contributed by atoms with Crippen LogP contribution in [0.25, 0.3) is 21.9 Å². The zero-order valence-electron chi connectivity index (χ0n) is 13.7.